The Morgan fingerprint density at radius 2 is 2.05 bits per heavy atom. The summed E-state index contributed by atoms with van der Waals surface area (Å²) in [5, 5.41) is 21.4. The Balaban J connectivity index is 2.40. The monoisotopic (exact) mass is 293 g/mol. The van der Waals surface area contributed by atoms with Crippen molar-refractivity contribution in [3.8, 4) is 10.9 Å². The van der Waals surface area contributed by atoms with Crippen LogP contribution in [0, 0.1) is 20.2 Å². The molecule has 0 spiro atoms. The molecule has 0 amide bonds. The topological polar surface area (TPSA) is 108 Å². The Morgan fingerprint density at radius 3 is 2.60 bits per heavy atom. The summed E-state index contributed by atoms with van der Waals surface area (Å²) in [6, 6.07) is 4.46. The molecule has 0 N–H and O–H groups in total. The van der Waals surface area contributed by atoms with Crippen molar-refractivity contribution in [3.63, 3.8) is 0 Å². The summed E-state index contributed by atoms with van der Waals surface area (Å²) in [5.41, 5.74) is 0.0268. The van der Waals surface area contributed by atoms with Crippen molar-refractivity contribution < 1.29 is 14.6 Å². The van der Waals surface area contributed by atoms with Gasteiger partial charge in [-0.05, 0) is 23.5 Å². The molecule has 9 heteroatoms. The number of aromatic nitrogens is 1. The van der Waals surface area contributed by atoms with E-state index in [1.165, 1.54) is 18.2 Å². The van der Waals surface area contributed by atoms with E-state index in [9.17, 15) is 20.2 Å². The molecule has 8 nitrogen and oxygen atoms in total. The van der Waals surface area contributed by atoms with Crippen LogP contribution in [0.4, 0.5) is 10.7 Å². The normalized spacial score (nSPS) is 10.0. The fourth-order valence-electron chi connectivity index (χ4n) is 1.46. The van der Waals surface area contributed by atoms with E-state index in [-0.39, 0.29) is 21.6 Å². The largest absolute Gasteiger partial charge is 0.423 e. The van der Waals surface area contributed by atoms with Gasteiger partial charge in [0.2, 0.25) is 5.75 Å². The summed E-state index contributed by atoms with van der Waals surface area (Å²) in [6.07, 6.45) is 2.36. The van der Waals surface area contributed by atoms with Crippen LogP contribution in [0.15, 0.2) is 31.0 Å². The molecule has 0 bridgehead atoms. The molecule has 0 fully saturated rings. The van der Waals surface area contributed by atoms with Crippen molar-refractivity contribution in [3.05, 3.63) is 56.8 Å². The highest BCUT2D eigenvalue weighted by Crippen LogP contribution is 2.37. The number of ether oxygens (including phenoxy) is 1. The third kappa shape index (κ3) is 2.62. The van der Waals surface area contributed by atoms with Gasteiger partial charge in [-0.15, -0.1) is 0 Å². The number of thiazole rings is 1. The van der Waals surface area contributed by atoms with Gasteiger partial charge in [-0.25, -0.2) is 4.98 Å². The van der Waals surface area contributed by atoms with Crippen molar-refractivity contribution >= 4 is 28.1 Å². The minimum Gasteiger partial charge on any atom is -0.423 e. The van der Waals surface area contributed by atoms with E-state index < -0.39 is 9.85 Å². The van der Waals surface area contributed by atoms with Gasteiger partial charge in [-0.2, -0.15) is 0 Å². The van der Waals surface area contributed by atoms with Gasteiger partial charge in [-0.1, -0.05) is 18.7 Å². The number of para-hydroxylation sites is 1. The molecule has 0 atom stereocenters. The van der Waals surface area contributed by atoms with Crippen LogP contribution in [-0.2, 0) is 0 Å². The van der Waals surface area contributed by atoms with E-state index in [1.807, 2.05) is 0 Å². The molecule has 0 saturated heterocycles. The van der Waals surface area contributed by atoms with Crippen molar-refractivity contribution in [1.82, 2.24) is 4.98 Å². The van der Waals surface area contributed by atoms with E-state index >= 15 is 0 Å². The Morgan fingerprint density at radius 1 is 1.30 bits per heavy atom. The molecule has 1 aromatic carbocycles. The summed E-state index contributed by atoms with van der Waals surface area (Å²) in [5.74, 6) is -0.0448. The summed E-state index contributed by atoms with van der Waals surface area (Å²) >= 11 is 0.689. The first-order valence-electron chi connectivity index (χ1n) is 5.21. The molecule has 1 aromatic heterocycles. The van der Waals surface area contributed by atoms with E-state index in [1.54, 1.807) is 6.07 Å². The number of rotatable bonds is 5. The van der Waals surface area contributed by atoms with Crippen LogP contribution in [0.5, 0.6) is 10.9 Å². The molecular formula is C11H7N3O5S. The van der Waals surface area contributed by atoms with Gasteiger partial charge >= 0.3 is 10.7 Å². The molecule has 2 rings (SSSR count). The number of nitro benzene ring substituents is 1. The van der Waals surface area contributed by atoms with Crippen molar-refractivity contribution in [2.45, 2.75) is 0 Å². The van der Waals surface area contributed by atoms with Gasteiger partial charge in [0.15, 0.2) is 0 Å². The van der Waals surface area contributed by atoms with Crippen LogP contribution < -0.4 is 4.74 Å². The number of nitro groups is 2. The lowest BCUT2D eigenvalue weighted by Crippen LogP contribution is -1.95. The molecule has 0 aliphatic rings. The summed E-state index contributed by atoms with van der Waals surface area (Å²) in [6.45, 7) is 3.49. The lowest BCUT2D eigenvalue weighted by molar-refractivity contribution is -0.385. The first kappa shape index (κ1) is 13.6. The molecule has 0 aliphatic carbocycles. The van der Waals surface area contributed by atoms with Crippen LogP contribution in [0.3, 0.4) is 0 Å². The molecule has 0 saturated carbocycles. The predicted molar refractivity (Wildman–Crippen MR) is 72.0 cm³/mol. The third-order valence-electron chi connectivity index (χ3n) is 2.28. The zero-order valence-corrected chi connectivity index (χ0v) is 10.7. The van der Waals surface area contributed by atoms with E-state index in [2.05, 4.69) is 11.6 Å². The lowest BCUT2D eigenvalue weighted by atomic mass is 10.1. The molecule has 0 radical (unpaired) electrons. The standard InChI is InChI=1S/C11H7N3O5S/c1-2-7-4-3-5-8(10(7)14(17)18)19-11-12-6-9(20-11)13(15)16/h2-6H,1H2. The van der Waals surface area contributed by atoms with Crippen molar-refractivity contribution in [1.29, 1.82) is 0 Å². The first-order chi connectivity index (χ1) is 9.52. The van der Waals surface area contributed by atoms with Gasteiger partial charge in [0.05, 0.1) is 15.4 Å². The maximum Gasteiger partial charge on any atom is 0.347 e. The third-order valence-corrected chi connectivity index (χ3v) is 3.11. The average molecular weight is 293 g/mol. The molecular weight excluding hydrogens is 286 g/mol. The Labute approximate surface area is 116 Å². The van der Waals surface area contributed by atoms with Gasteiger partial charge in [0, 0.05) is 0 Å². The Bertz CT molecular complexity index is 697. The minimum absolute atomic E-state index is 0.0407. The van der Waals surface area contributed by atoms with Crippen molar-refractivity contribution in [2.24, 2.45) is 0 Å². The lowest BCUT2D eigenvalue weighted by Gasteiger charge is -2.04. The average Bonchev–Trinajstić information content (AvgIpc) is 2.86. The second-order valence-electron chi connectivity index (χ2n) is 3.48. The molecule has 102 valence electrons. The maximum atomic E-state index is 11.1. The van der Waals surface area contributed by atoms with Gasteiger partial charge in [-0.3, -0.25) is 20.2 Å². The van der Waals surface area contributed by atoms with E-state index in [0.29, 0.717) is 16.9 Å². The summed E-state index contributed by atoms with van der Waals surface area (Å²) in [4.78, 5) is 24.1. The number of nitrogens with zero attached hydrogens (tertiary/aromatic N) is 3. The van der Waals surface area contributed by atoms with Crippen LogP contribution in [0.2, 0.25) is 0 Å². The molecule has 2 aromatic rings. The van der Waals surface area contributed by atoms with Crippen LogP contribution in [-0.4, -0.2) is 14.8 Å². The van der Waals surface area contributed by atoms with E-state index in [4.69, 9.17) is 4.74 Å². The smallest absolute Gasteiger partial charge is 0.347 e. The SMILES string of the molecule is C=Cc1cccc(Oc2ncc([N+](=O)[O-])s2)c1[N+](=O)[O-]. The number of hydrogen-bond acceptors (Lipinski definition) is 7. The Hall–Kier alpha value is -2.81. The van der Waals surface area contributed by atoms with Crippen molar-refractivity contribution in [2.75, 3.05) is 0 Å². The molecule has 0 aliphatic heterocycles. The van der Waals surface area contributed by atoms with Crippen LogP contribution in [0.1, 0.15) is 5.56 Å². The first-order valence-corrected chi connectivity index (χ1v) is 6.02. The van der Waals surface area contributed by atoms with Gasteiger partial charge in [0.25, 0.3) is 5.19 Å². The summed E-state index contributed by atoms with van der Waals surface area (Å²) < 4.78 is 5.26. The minimum atomic E-state index is -0.612. The molecule has 0 unspecified atom stereocenters. The fraction of sp³-hybridized carbons (Fsp3) is 0. The number of hydrogen-bond donors (Lipinski definition) is 0. The van der Waals surface area contributed by atoms with E-state index in [0.717, 1.165) is 6.20 Å². The van der Waals surface area contributed by atoms with Crippen LogP contribution >= 0.6 is 11.3 Å². The number of benzene rings is 1. The quantitative estimate of drug-likeness (QED) is 0.617. The highest BCUT2D eigenvalue weighted by Gasteiger charge is 2.21. The van der Waals surface area contributed by atoms with Gasteiger partial charge < -0.3 is 4.74 Å². The fourth-order valence-corrected chi connectivity index (χ4v) is 2.05. The van der Waals surface area contributed by atoms with Gasteiger partial charge in [0.1, 0.15) is 6.20 Å². The predicted octanol–water partition coefficient (Wildman–Crippen LogP) is 3.39. The zero-order chi connectivity index (χ0) is 14.7. The van der Waals surface area contributed by atoms with Crippen LogP contribution in [0.25, 0.3) is 6.08 Å². The highest BCUT2D eigenvalue weighted by atomic mass is 32.1. The second-order valence-corrected chi connectivity index (χ2v) is 4.45. The molecule has 1 heterocycles. The second kappa shape index (κ2) is 5.45. The summed E-state index contributed by atoms with van der Waals surface area (Å²) in [7, 11) is 0. The zero-order valence-electron chi connectivity index (χ0n) is 9.88. The molecule has 20 heavy (non-hydrogen) atoms. The highest BCUT2D eigenvalue weighted by molar-refractivity contribution is 7.16. The Kier molecular flexibility index (Phi) is 3.71. The maximum absolute atomic E-state index is 11.1.